The lowest BCUT2D eigenvalue weighted by Crippen LogP contribution is -1.93. The van der Waals surface area contributed by atoms with Crippen LogP contribution in [0.4, 0.5) is 0 Å². The summed E-state index contributed by atoms with van der Waals surface area (Å²) in [6, 6.07) is 8.23. The quantitative estimate of drug-likeness (QED) is 0.459. The average Bonchev–Trinajstić information content (AvgIpc) is 2.29. The second kappa shape index (κ2) is 6.68. The molecule has 0 spiro atoms. The molecule has 1 heteroatoms. The summed E-state index contributed by atoms with van der Waals surface area (Å²) < 4.78 is 0. The van der Waals surface area contributed by atoms with E-state index in [1.165, 1.54) is 24.8 Å². The number of unbranched alkanes of at least 4 members (excludes halogenated alkanes) is 2. The zero-order valence-corrected chi connectivity index (χ0v) is 10.1. The number of alkyl halides is 1. The summed E-state index contributed by atoms with van der Waals surface area (Å²) in [6.07, 6.45) is 6.65. The molecule has 0 bridgehead atoms. The van der Waals surface area contributed by atoms with Crippen molar-refractivity contribution in [2.45, 2.75) is 38.0 Å². The van der Waals surface area contributed by atoms with Gasteiger partial charge in [-0.1, -0.05) is 63.1 Å². The molecule has 0 fully saturated rings. The number of hydrogen-bond acceptors (Lipinski definition) is 0. The molecule has 0 aliphatic heterocycles. The predicted octanol–water partition coefficient (Wildman–Crippen LogP) is 5.19. The first kappa shape index (κ1) is 12.3. The van der Waals surface area contributed by atoms with Crippen LogP contribution in [0.5, 0.6) is 0 Å². The van der Waals surface area contributed by atoms with Crippen LogP contribution in [0.3, 0.4) is 0 Å². The van der Waals surface area contributed by atoms with Gasteiger partial charge in [0.1, 0.15) is 0 Å². The molecule has 0 nitrogen and oxygen atoms in total. The predicted molar refractivity (Wildman–Crippen MR) is 69.3 cm³/mol. The molecule has 1 rings (SSSR count). The normalized spacial score (nSPS) is 12.4. The van der Waals surface area contributed by atoms with Crippen LogP contribution in [0, 0.1) is 0 Å². The van der Waals surface area contributed by atoms with E-state index in [2.05, 4.69) is 25.6 Å². The first-order valence-corrected chi connectivity index (χ1v) is 6.08. The monoisotopic (exact) mass is 222 g/mol. The van der Waals surface area contributed by atoms with Crippen LogP contribution >= 0.6 is 11.6 Å². The summed E-state index contributed by atoms with van der Waals surface area (Å²) in [5.41, 5.74) is 2.37. The van der Waals surface area contributed by atoms with Crippen molar-refractivity contribution in [3.8, 4) is 0 Å². The van der Waals surface area contributed by atoms with Crippen molar-refractivity contribution >= 4 is 17.7 Å². The third-order valence-electron chi connectivity index (χ3n) is 2.61. The van der Waals surface area contributed by atoms with Crippen LogP contribution < -0.4 is 0 Å². The molecule has 0 radical (unpaired) electrons. The molecule has 1 atom stereocenters. The number of hydrogen-bond donors (Lipinski definition) is 0. The number of rotatable bonds is 6. The van der Waals surface area contributed by atoms with Crippen molar-refractivity contribution in [1.29, 1.82) is 0 Å². The van der Waals surface area contributed by atoms with E-state index in [1.54, 1.807) is 0 Å². The molecule has 0 N–H and O–H groups in total. The van der Waals surface area contributed by atoms with E-state index in [0.29, 0.717) is 0 Å². The van der Waals surface area contributed by atoms with E-state index in [1.807, 2.05) is 18.2 Å². The van der Waals surface area contributed by atoms with Gasteiger partial charge in [-0.2, -0.15) is 0 Å². The Hall–Kier alpha value is -0.750. The third-order valence-corrected chi connectivity index (χ3v) is 3.07. The van der Waals surface area contributed by atoms with Crippen molar-refractivity contribution in [2.24, 2.45) is 0 Å². The third kappa shape index (κ3) is 3.71. The Morgan fingerprint density at radius 1 is 1.33 bits per heavy atom. The van der Waals surface area contributed by atoms with Gasteiger partial charge in [0, 0.05) is 0 Å². The topological polar surface area (TPSA) is 0 Å². The number of halogens is 1. The van der Waals surface area contributed by atoms with E-state index in [4.69, 9.17) is 11.6 Å². The zero-order valence-electron chi connectivity index (χ0n) is 9.38. The highest BCUT2D eigenvalue weighted by Crippen LogP contribution is 2.29. The summed E-state index contributed by atoms with van der Waals surface area (Å²) >= 11 is 6.38. The lowest BCUT2D eigenvalue weighted by molar-refractivity contribution is 0.655. The largest absolute Gasteiger partial charge is 0.118 e. The summed E-state index contributed by atoms with van der Waals surface area (Å²) in [5.74, 6) is 0. The fourth-order valence-electron chi connectivity index (χ4n) is 1.71. The molecule has 0 aliphatic rings. The van der Waals surface area contributed by atoms with Crippen LogP contribution in [-0.2, 0) is 0 Å². The second-order valence-corrected chi connectivity index (χ2v) is 4.32. The molecular weight excluding hydrogens is 204 g/mol. The SMILES string of the molecule is C=Cc1ccccc1C(Cl)CCCCC. The molecule has 0 aliphatic carbocycles. The van der Waals surface area contributed by atoms with Crippen LogP contribution in [0.15, 0.2) is 30.8 Å². The van der Waals surface area contributed by atoms with Crippen LogP contribution in [0.2, 0.25) is 0 Å². The molecule has 0 amide bonds. The van der Waals surface area contributed by atoms with E-state index in [-0.39, 0.29) is 5.38 Å². The van der Waals surface area contributed by atoms with Gasteiger partial charge in [-0.3, -0.25) is 0 Å². The standard InChI is InChI=1S/C14H19Cl/c1-3-5-6-11-14(15)13-10-8-7-9-12(13)4-2/h4,7-10,14H,2-3,5-6,11H2,1H3. The average molecular weight is 223 g/mol. The first-order chi connectivity index (χ1) is 7.29. The van der Waals surface area contributed by atoms with Crippen LogP contribution in [0.1, 0.15) is 49.1 Å². The molecule has 0 saturated carbocycles. The van der Waals surface area contributed by atoms with E-state index in [0.717, 1.165) is 12.0 Å². The lowest BCUT2D eigenvalue weighted by Gasteiger charge is -2.12. The first-order valence-electron chi connectivity index (χ1n) is 5.65. The Kier molecular flexibility index (Phi) is 5.49. The fraction of sp³-hybridized carbons (Fsp3) is 0.429. The van der Waals surface area contributed by atoms with E-state index in [9.17, 15) is 0 Å². The maximum Gasteiger partial charge on any atom is 0.0591 e. The van der Waals surface area contributed by atoms with Gasteiger partial charge in [-0.15, -0.1) is 11.6 Å². The molecule has 0 saturated heterocycles. The molecule has 0 aromatic heterocycles. The Balaban J connectivity index is 2.63. The van der Waals surface area contributed by atoms with Gasteiger partial charge >= 0.3 is 0 Å². The van der Waals surface area contributed by atoms with Crippen molar-refractivity contribution in [3.05, 3.63) is 42.0 Å². The molecule has 1 unspecified atom stereocenters. The molecular formula is C14H19Cl. The Labute approximate surface area is 98.0 Å². The van der Waals surface area contributed by atoms with Crippen molar-refractivity contribution < 1.29 is 0 Å². The second-order valence-electron chi connectivity index (χ2n) is 3.80. The van der Waals surface area contributed by atoms with Gasteiger partial charge in [0.15, 0.2) is 0 Å². The minimum Gasteiger partial charge on any atom is -0.118 e. The maximum absolute atomic E-state index is 6.38. The van der Waals surface area contributed by atoms with Gasteiger partial charge in [0.05, 0.1) is 5.38 Å². The number of benzene rings is 1. The van der Waals surface area contributed by atoms with Crippen molar-refractivity contribution in [2.75, 3.05) is 0 Å². The van der Waals surface area contributed by atoms with Gasteiger partial charge in [-0.05, 0) is 17.5 Å². The highest BCUT2D eigenvalue weighted by atomic mass is 35.5. The summed E-state index contributed by atoms with van der Waals surface area (Å²) in [5, 5.41) is 0.130. The molecule has 1 aromatic rings. The van der Waals surface area contributed by atoms with Crippen LogP contribution in [0.25, 0.3) is 6.08 Å². The Bertz CT molecular complexity index is 304. The minimum atomic E-state index is 0.130. The van der Waals surface area contributed by atoms with E-state index < -0.39 is 0 Å². The van der Waals surface area contributed by atoms with Crippen LogP contribution in [-0.4, -0.2) is 0 Å². The highest BCUT2D eigenvalue weighted by molar-refractivity contribution is 6.21. The van der Waals surface area contributed by atoms with E-state index >= 15 is 0 Å². The summed E-state index contributed by atoms with van der Waals surface area (Å²) in [7, 11) is 0. The molecule has 82 valence electrons. The Morgan fingerprint density at radius 2 is 2.07 bits per heavy atom. The fourth-order valence-corrected chi connectivity index (χ4v) is 2.06. The molecule has 1 aromatic carbocycles. The maximum atomic E-state index is 6.38. The van der Waals surface area contributed by atoms with Gasteiger partial charge < -0.3 is 0 Å². The van der Waals surface area contributed by atoms with Gasteiger partial charge in [0.25, 0.3) is 0 Å². The Morgan fingerprint density at radius 3 is 2.73 bits per heavy atom. The smallest absolute Gasteiger partial charge is 0.0591 e. The summed E-state index contributed by atoms with van der Waals surface area (Å²) in [6.45, 7) is 6.02. The summed E-state index contributed by atoms with van der Waals surface area (Å²) in [4.78, 5) is 0. The molecule has 15 heavy (non-hydrogen) atoms. The zero-order chi connectivity index (χ0) is 11.1. The van der Waals surface area contributed by atoms with Crippen molar-refractivity contribution in [1.82, 2.24) is 0 Å². The van der Waals surface area contributed by atoms with Gasteiger partial charge in [0.2, 0.25) is 0 Å². The lowest BCUT2D eigenvalue weighted by atomic mass is 10.0. The van der Waals surface area contributed by atoms with Crippen molar-refractivity contribution in [3.63, 3.8) is 0 Å². The van der Waals surface area contributed by atoms with Gasteiger partial charge in [-0.25, -0.2) is 0 Å². The highest BCUT2D eigenvalue weighted by Gasteiger charge is 2.09. The minimum absolute atomic E-state index is 0.130. The molecule has 0 heterocycles.